The van der Waals surface area contributed by atoms with Crippen molar-refractivity contribution in [2.24, 2.45) is 11.8 Å². The lowest BCUT2D eigenvalue weighted by Gasteiger charge is -2.22. The lowest BCUT2D eigenvalue weighted by Crippen LogP contribution is -2.18. The van der Waals surface area contributed by atoms with E-state index < -0.39 is 0 Å². The Labute approximate surface area is 144 Å². The van der Waals surface area contributed by atoms with E-state index in [4.69, 9.17) is 9.47 Å². The van der Waals surface area contributed by atoms with Gasteiger partial charge in [-0.05, 0) is 30.0 Å². The first-order chi connectivity index (χ1) is 11.7. The lowest BCUT2D eigenvalue weighted by atomic mass is 9.84. The molecule has 4 rings (SSSR count). The van der Waals surface area contributed by atoms with Crippen molar-refractivity contribution in [3.63, 3.8) is 0 Å². The Morgan fingerprint density at radius 2 is 1.83 bits per heavy atom. The van der Waals surface area contributed by atoms with E-state index in [1.807, 2.05) is 18.2 Å². The van der Waals surface area contributed by atoms with Crippen LogP contribution in [0.5, 0.6) is 11.5 Å². The van der Waals surface area contributed by atoms with Gasteiger partial charge in [0, 0.05) is 11.9 Å². The summed E-state index contributed by atoms with van der Waals surface area (Å²) in [6.07, 6.45) is 7.65. The minimum atomic E-state index is 0.685. The van der Waals surface area contributed by atoms with Crippen LogP contribution in [-0.2, 0) is 0 Å². The van der Waals surface area contributed by atoms with Crippen LogP contribution in [0.2, 0.25) is 0 Å². The van der Waals surface area contributed by atoms with Crippen LogP contribution in [0.1, 0.15) is 39.5 Å². The molecule has 0 saturated heterocycles. The van der Waals surface area contributed by atoms with Crippen molar-refractivity contribution in [1.82, 2.24) is 4.98 Å². The molecule has 2 aromatic rings. The number of hydrogen-bond acceptors (Lipinski definition) is 4. The summed E-state index contributed by atoms with van der Waals surface area (Å²) in [7, 11) is 1.66. The van der Waals surface area contributed by atoms with Crippen LogP contribution in [0.25, 0.3) is 10.9 Å². The first kappa shape index (κ1) is 16.9. The third kappa shape index (κ3) is 3.92. The van der Waals surface area contributed by atoms with Crippen LogP contribution in [0, 0.1) is 11.8 Å². The molecule has 1 fully saturated rings. The predicted molar refractivity (Wildman–Crippen MR) is 99.1 cm³/mol. The van der Waals surface area contributed by atoms with Gasteiger partial charge in [-0.25, -0.2) is 0 Å². The summed E-state index contributed by atoms with van der Waals surface area (Å²) in [4.78, 5) is 4.35. The van der Waals surface area contributed by atoms with Crippen molar-refractivity contribution < 1.29 is 9.47 Å². The van der Waals surface area contributed by atoms with Gasteiger partial charge in [-0.3, -0.25) is 4.98 Å². The third-order valence-electron chi connectivity index (χ3n) is 5.01. The van der Waals surface area contributed by atoms with Crippen molar-refractivity contribution in [2.75, 3.05) is 25.6 Å². The van der Waals surface area contributed by atoms with Crippen LogP contribution in [-0.4, -0.2) is 25.2 Å². The molecule has 0 bridgehead atoms. The molecular weight excluding hydrogens is 300 g/mol. The van der Waals surface area contributed by atoms with Crippen LogP contribution in [0.4, 0.5) is 5.69 Å². The molecule has 0 amide bonds. The number of aromatic nitrogens is 1. The van der Waals surface area contributed by atoms with Gasteiger partial charge >= 0.3 is 0 Å². The molecular formula is C20H28N2O2. The Morgan fingerprint density at radius 3 is 2.50 bits per heavy atom. The second-order valence-electron chi connectivity index (χ2n) is 7.02. The summed E-state index contributed by atoms with van der Waals surface area (Å²) in [6, 6.07) is 5.83. The summed E-state index contributed by atoms with van der Waals surface area (Å²) in [5, 5.41) is 4.37. The topological polar surface area (TPSA) is 43.4 Å². The van der Waals surface area contributed by atoms with Gasteiger partial charge in [0.05, 0.1) is 24.5 Å². The summed E-state index contributed by atoms with van der Waals surface area (Å²) in [5.41, 5.74) is 1.95. The Kier molecular flexibility index (Phi) is 5.44. The van der Waals surface area contributed by atoms with E-state index in [-0.39, 0.29) is 0 Å². The van der Waals surface area contributed by atoms with Gasteiger partial charge in [0.1, 0.15) is 12.4 Å². The third-order valence-corrected chi connectivity index (χ3v) is 5.01. The van der Waals surface area contributed by atoms with Gasteiger partial charge < -0.3 is 14.8 Å². The number of methoxy groups -OCH3 is 1. The van der Waals surface area contributed by atoms with E-state index in [1.165, 1.54) is 25.7 Å². The fourth-order valence-electron chi connectivity index (χ4n) is 3.34. The second-order valence-corrected chi connectivity index (χ2v) is 7.02. The van der Waals surface area contributed by atoms with E-state index in [9.17, 15) is 0 Å². The number of nitrogens with zero attached hydrogens (tertiary/aromatic N) is 1. The van der Waals surface area contributed by atoms with Gasteiger partial charge in [-0.2, -0.15) is 0 Å². The summed E-state index contributed by atoms with van der Waals surface area (Å²) in [5.74, 6) is 3.68. The summed E-state index contributed by atoms with van der Waals surface area (Å²) >= 11 is 0. The summed E-state index contributed by atoms with van der Waals surface area (Å²) in [6.45, 7) is 6.24. The zero-order valence-corrected chi connectivity index (χ0v) is 15.0. The van der Waals surface area contributed by atoms with Gasteiger partial charge in [0.15, 0.2) is 5.75 Å². The first-order valence-corrected chi connectivity index (χ1v) is 9.00. The largest absolute Gasteiger partial charge is 0.497 e. The Bertz CT molecular complexity index is 663. The van der Waals surface area contributed by atoms with Crippen molar-refractivity contribution in [1.29, 1.82) is 0 Å². The van der Waals surface area contributed by atoms with Gasteiger partial charge in [-0.15, -0.1) is 0 Å². The molecule has 0 radical (unpaired) electrons. The Balaban J connectivity index is 0.000000179. The van der Waals surface area contributed by atoms with E-state index in [1.54, 1.807) is 13.3 Å². The molecule has 4 nitrogen and oxygen atoms in total. The summed E-state index contributed by atoms with van der Waals surface area (Å²) < 4.78 is 10.8. The zero-order chi connectivity index (χ0) is 16.9. The number of anilines is 1. The molecule has 1 aromatic heterocycles. The molecule has 130 valence electrons. The zero-order valence-electron chi connectivity index (χ0n) is 15.0. The van der Waals surface area contributed by atoms with Crippen molar-refractivity contribution in [2.45, 2.75) is 39.5 Å². The predicted octanol–water partition coefficient (Wildman–Crippen LogP) is 4.88. The van der Waals surface area contributed by atoms with Crippen LogP contribution < -0.4 is 14.8 Å². The molecule has 0 atom stereocenters. The van der Waals surface area contributed by atoms with Crippen molar-refractivity contribution in [3.05, 3.63) is 24.4 Å². The minimum Gasteiger partial charge on any atom is -0.497 e. The molecule has 1 saturated carbocycles. The minimum absolute atomic E-state index is 0.685. The fourth-order valence-corrected chi connectivity index (χ4v) is 3.34. The SMILES string of the molecule is CC1CCC(C)CC1.COc1ccc2ncc3c(c2c1)NCCO3. The smallest absolute Gasteiger partial charge is 0.161 e. The maximum absolute atomic E-state index is 5.54. The number of fused-ring (bicyclic) bond motifs is 3. The molecule has 0 spiro atoms. The monoisotopic (exact) mass is 328 g/mol. The number of benzene rings is 1. The molecule has 1 aliphatic heterocycles. The molecule has 1 aliphatic carbocycles. The van der Waals surface area contributed by atoms with E-state index in [2.05, 4.69) is 24.1 Å². The van der Waals surface area contributed by atoms with Gasteiger partial charge in [0.25, 0.3) is 0 Å². The number of ether oxygens (including phenoxy) is 2. The molecule has 1 aromatic carbocycles. The number of rotatable bonds is 1. The van der Waals surface area contributed by atoms with E-state index in [0.29, 0.717) is 6.61 Å². The molecule has 2 aliphatic rings. The average molecular weight is 328 g/mol. The first-order valence-electron chi connectivity index (χ1n) is 9.00. The van der Waals surface area contributed by atoms with Crippen LogP contribution in [0.15, 0.2) is 24.4 Å². The molecule has 24 heavy (non-hydrogen) atoms. The number of hydrogen-bond donors (Lipinski definition) is 1. The highest BCUT2D eigenvalue weighted by Gasteiger charge is 2.14. The maximum atomic E-state index is 5.54. The van der Waals surface area contributed by atoms with Crippen LogP contribution >= 0.6 is 0 Å². The highest BCUT2D eigenvalue weighted by molar-refractivity contribution is 5.95. The Morgan fingerprint density at radius 1 is 1.12 bits per heavy atom. The highest BCUT2D eigenvalue weighted by Crippen LogP contribution is 2.35. The van der Waals surface area contributed by atoms with Crippen molar-refractivity contribution >= 4 is 16.6 Å². The molecule has 4 heteroatoms. The van der Waals surface area contributed by atoms with Gasteiger partial charge in [0.2, 0.25) is 0 Å². The van der Waals surface area contributed by atoms with E-state index in [0.717, 1.165) is 46.5 Å². The highest BCUT2D eigenvalue weighted by atomic mass is 16.5. The average Bonchev–Trinajstić information content (AvgIpc) is 2.64. The molecule has 1 N–H and O–H groups in total. The second kappa shape index (κ2) is 7.73. The fraction of sp³-hybridized carbons (Fsp3) is 0.550. The number of pyridine rings is 1. The molecule has 2 heterocycles. The van der Waals surface area contributed by atoms with Crippen molar-refractivity contribution in [3.8, 4) is 11.5 Å². The number of nitrogens with one attached hydrogen (secondary N) is 1. The quantitative estimate of drug-likeness (QED) is 0.810. The maximum Gasteiger partial charge on any atom is 0.161 e. The lowest BCUT2D eigenvalue weighted by molar-refractivity contribution is 0.308. The van der Waals surface area contributed by atoms with E-state index >= 15 is 0 Å². The van der Waals surface area contributed by atoms with Crippen LogP contribution in [0.3, 0.4) is 0 Å². The Hall–Kier alpha value is -1.97. The molecule has 0 unspecified atom stereocenters. The van der Waals surface area contributed by atoms with Gasteiger partial charge in [-0.1, -0.05) is 39.5 Å². The normalized spacial score (nSPS) is 22.5. The standard InChI is InChI=1S/C12H12N2O2.C8H16/c1-15-8-2-3-10-9(6-8)12-11(7-14-10)16-5-4-13-12;1-7-3-5-8(2)6-4-7/h2-3,6-7,13H,4-5H2,1H3;7-8H,3-6H2,1-2H3.